The maximum atomic E-state index is 12.0. The van der Waals surface area contributed by atoms with Crippen molar-refractivity contribution < 1.29 is 14.7 Å². The van der Waals surface area contributed by atoms with Crippen LogP contribution >= 0.6 is 0 Å². The molecular weight excluding hydrogens is 230 g/mol. The average molecular weight is 245 g/mol. The first-order valence-corrected chi connectivity index (χ1v) is 6.17. The maximum absolute atomic E-state index is 12.0. The molecule has 0 aromatic heterocycles. The molecule has 1 saturated heterocycles. The molecule has 2 aliphatic rings. The quantitative estimate of drug-likeness (QED) is 0.816. The van der Waals surface area contributed by atoms with Gasteiger partial charge in [0.05, 0.1) is 5.54 Å². The minimum Gasteiger partial charge on any atom is -0.480 e. The molecule has 4 nitrogen and oxygen atoms in total. The van der Waals surface area contributed by atoms with E-state index in [9.17, 15) is 14.7 Å². The predicted octanol–water partition coefficient (Wildman–Crippen LogP) is 1.53. The topological polar surface area (TPSA) is 57.6 Å². The molecule has 1 N–H and O–H groups in total. The van der Waals surface area contributed by atoms with Gasteiger partial charge in [-0.05, 0) is 24.5 Å². The Bertz CT molecular complexity index is 540. The van der Waals surface area contributed by atoms with Crippen LogP contribution in [0, 0.1) is 0 Å². The average Bonchev–Trinajstić information content (AvgIpc) is 2.66. The lowest BCUT2D eigenvalue weighted by molar-refractivity contribution is -0.153. The third-order valence-electron chi connectivity index (χ3n) is 4.23. The van der Waals surface area contributed by atoms with Crippen LogP contribution in [-0.4, -0.2) is 27.9 Å². The van der Waals surface area contributed by atoms with Gasteiger partial charge in [0.1, 0.15) is 6.04 Å². The predicted molar refractivity (Wildman–Crippen MR) is 65.0 cm³/mol. The first kappa shape index (κ1) is 11.3. The number of carbonyl (C=O) groups is 2. The van der Waals surface area contributed by atoms with E-state index in [4.69, 9.17) is 0 Å². The normalized spacial score (nSPS) is 29.9. The largest absolute Gasteiger partial charge is 0.480 e. The van der Waals surface area contributed by atoms with E-state index in [1.807, 2.05) is 31.2 Å². The fourth-order valence-corrected chi connectivity index (χ4v) is 3.37. The molecule has 0 unspecified atom stereocenters. The van der Waals surface area contributed by atoms with Gasteiger partial charge in [-0.3, -0.25) is 4.79 Å². The van der Waals surface area contributed by atoms with Gasteiger partial charge < -0.3 is 10.0 Å². The van der Waals surface area contributed by atoms with Crippen molar-refractivity contribution in [2.24, 2.45) is 0 Å². The summed E-state index contributed by atoms with van der Waals surface area (Å²) in [6.07, 6.45) is 1.55. The highest BCUT2D eigenvalue weighted by Gasteiger charge is 2.51. The van der Waals surface area contributed by atoms with E-state index < -0.39 is 17.6 Å². The number of hydrogen-bond donors (Lipinski definition) is 1. The molecule has 0 spiro atoms. The summed E-state index contributed by atoms with van der Waals surface area (Å²) < 4.78 is 0. The summed E-state index contributed by atoms with van der Waals surface area (Å²) in [5.74, 6) is -0.953. The molecule has 0 aliphatic carbocycles. The summed E-state index contributed by atoms with van der Waals surface area (Å²) >= 11 is 0. The summed E-state index contributed by atoms with van der Waals surface area (Å²) in [5, 5.41) is 9.35. The molecule has 2 aliphatic heterocycles. The molecular formula is C14H15NO3. The Kier molecular flexibility index (Phi) is 2.24. The molecule has 18 heavy (non-hydrogen) atoms. The minimum absolute atomic E-state index is 0.0422. The molecule has 3 rings (SSSR count). The first-order valence-electron chi connectivity index (χ1n) is 6.17. The second kappa shape index (κ2) is 3.57. The zero-order chi connectivity index (χ0) is 12.9. The zero-order valence-corrected chi connectivity index (χ0v) is 10.2. The van der Waals surface area contributed by atoms with Crippen LogP contribution in [0.25, 0.3) is 0 Å². The van der Waals surface area contributed by atoms with E-state index in [2.05, 4.69) is 0 Å². The number of amides is 1. The van der Waals surface area contributed by atoms with E-state index in [1.54, 1.807) is 4.90 Å². The fourth-order valence-electron chi connectivity index (χ4n) is 3.37. The lowest BCUT2D eigenvalue weighted by Crippen LogP contribution is -2.55. The van der Waals surface area contributed by atoms with Gasteiger partial charge in [0, 0.05) is 12.8 Å². The summed E-state index contributed by atoms with van der Waals surface area (Å²) in [7, 11) is 0. The van der Waals surface area contributed by atoms with Gasteiger partial charge in [-0.2, -0.15) is 0 Å². The molecule has 2 atom stereocenters. The Morgan fingerprint density at radius 2 is 2.17 bits per heavy atom. The third kappa shape index (κ3) is 1.32. The van der Waals surface area contributed by atoms with Gasteiger partial charge in [0.2, 0.25) is 5.91 Å². The Morgan fingerprint density at radius 1 is 1.44 bits per heavy atom. The number of nitrogens with zero attached hydrogens (tertiary/aromatic N) is 1. The summed E-state index contributed by atoms with van der Waals surface area (Å²) in [4.78, 5) is 25.0. The van der Waals surface area contributed by atoms with Gasteiger partial charge >= 0.3 is 5.97 Å². The number of rotatable bonds is 1. The Morgan fingerprint density at radius 3 is 2.89 bits per heavy atom. The Labute approximate surface area is 105 Å². The number of carboxylic acid groups (broad SMARTS) is 1. The molecule has 1 fully saturated rings. The van der Waals surface area contributed by atoms with Crippen molar-refractivity contribution in [3.63, 3.8) is 0 Å². The number of carbonyl (C=O) groups excluding carboxylic acids is 1. The maximum Gasteiger partial charge on any atom is 0.326 e. The first-order chi connectivity index (χ1) is 8.54. The minimum atomic E-state index is -0.911. The van der Waals surface area contributed by atoms with Crippen molar-refractivity contribution in [3.05, 3.63) is 35.4 Å². The molecule has 4 heteroatoms. The number of aliphatic carboxylic acids is 1. The standard InChI is InChI=1S/C14H15NO3/c1-14-7-6-12(16)15(14)11(13(17)18)8-9-4-2-3-5-10(9)14/h2-5,11H,6-8H2,1H3,(H,17,18)/t11-,14+/m0/s1. The molecule has 0 radical (unpaired) electrons. The number of hydrogen-bond acceptors (Lipinski definition) is 2. The zero-order valence-electron chi connectivity index (χ0n) is 10.2. The number of carboxylic acids is 1. The molecule has 0 saturated carbocycles. The molecule has 1 aromatic carbocycles. The van der Waals surface area contributed by atoms with Gasteiger partial charge in [-0.15, -0.1) is 0 Å². The van der Waals surface area contributed by atoms with Gasteiger partial charge in [-0.1, -0.05) is 24.3 Å². The highest BCUT2D eigenvalue weighted by Crippen LogP contribution is 2.45. The van der Waals surface area contributed by atoms with Crippen LogP contribution in [-0.2, 0) is 21.5 Å². The van der Waals surface area contributed by atoms with E-state index in [0.29, 0.717) is 19.3 Å². The van der Waals surface area contributed by atoms with Crippen LogP contribution in [0.3, 0.4) is 0 Å². The summed E-state index contributed by atoms with van der Waals surface area (Å²) in [6, 6.07) is 7.13. The highest BCUT2D eigenvalue weighted by molar-refractivity contribution is 5.87. The van der Waals surface area contributed by atoms with Gasteiger partial charge in [-0.25, -0.2) is 4.79 Å². The third-order valence-corrected chi connectivity index (χ3v) is 4.23. The van der Waals surface area contributed by atoms with Crippen molar-refractivity contribution in [3.8, 4) is 0 Å². The number of fused-ring (bicyclic) bond motifs is 3. The monoisotopic (exact) mass is 245 g/mol. The smallest absolute Gasteiger partial charge is 0.326 e. The molecule has 2 heterocycles. The summed E-state index contributed by atoms with van der Waals surface area (Å²) in [6.45, 7) is 1.98. The van der Waals surface area contributed by atoms with E-state index in [0.717, 1.165) is 11.1 Å². The van der Waals surface area contributed by atoms with Crippen molar-refractivity contribution in [1.82, 2.24) is 4.90 Å². The Balaban J connectivity index is 2.19. The molecule has 1 aromatic rings. The molecule has 1 amide bonds. The van der Waals surface area contributed by atoms with Crippen LogP contribution in [0.15, 0.2) is 24.3 Å². The van der Waals surface area contributed by atoms with Crippen molar-refractivity contribution in [2.45, 2.75) is 37.8 Å². The molecule has 0 bridgehead atoms. The molecule has 94 valence electrons. The SMILES string of the molecule is C[C@]12CCC(=O)N1[C@H](C(=O)O)Cc1ccccc12. The van der Waals surface area contributed by atoms with E-state index in [-0.39, 0.29) is 5.91 Å². The second-order valence-corrected chi connectivity index (χ2v) is 5.25. The van der Waals surface area contributed by atoms with Crippen molar-refractivity contribution in [1.29, 1.82) is 0 Å². The summed E-state index contributed by atoms with van der Waals surface area (Å²) in [5.41, 5.74) is 1.71. The highest BCUT2D eigenvalue weighted by atomic mass is 16.4. The van der Waals surface area contributed by atoms with E-state index in [1.165, 1.54) is 0 Å². The van der Waals surface area contributed by atoms with Crippen molar-refractivity contribution >= 4 is 11.9 Å². The van der Waals surface area contributed by atoms with Crippen molar-refractivity contribution in [2.75, 3.05) is 0 Å². The number of benzene rings is 1. The Hall–Kier alpha value is -1.84. The van der Waals surface area contributed by atoms with Gasteiger partial charge in [0.25, 0.3) is 0 Å². The second-order valence-electron chi connectivity index (χ2n) is 5.25. The van der Waals surface area contributed by atoms with Crippen LogP contribution in [0.1, 0.15) is 30.9 Å². The lowest BCUT2D eigenvalue weighted by Gasteiger charge is -2.44. The van der Waals surface area contributed by atoms with Crippen LogP contribution in [0.5, 0.6) is 0 Å². The van der Waals surface area contributed by atoms with Crippen LogP contribution in [0.2, 0.25) is 0 Å². The van der Waals surface area contributed by atoms with Crippen LogP contribution < -0.4 is 0 Å². The lowest BCUT2D eigenvalue weighted by atomic mass is 9.79. The van der Waals surface area contributed by atoms with Crippen LogP contribution in [0.4, 0.5) is 0 Å². The fraction of sp³-hybridized carbons (Fsp3) is 0.429. The van der Waals surface area contributed by atoms with E-state index >= 15 is 0 Å². The van der Waals surface area contributed by atoms with Gasteiger partial charge in [0.15, 0.2) is 0 Å².